The Morgan fingerprint density at radius 1 is 1.06 bits per heavy atom. The van der Waals surface area contributed by atoms with Gasteiger partial charge in [0.25, 0.3) is 0 Å². The van der Waals surface area contributed by atoms with Crippen LogP contribution < -0.4 is 5.43 Å². The molecular formula is C14H19ClN2. The first kappa shape index (κ1) is 11.5. The van der Waals surface area contributed by atoms with Crippen LogP contribution in [0.3, 0.4) is 0 Å². The predicted molar refractivity (Wildman–Crippen MR) is 71.2 cm³/mol. The lowest BCUT2D eigenvalue weighted by atomic mass is 10.1. The zero-order valence-electron chi connectivity index (χ0n) is 10.1. The Balaban J connectivity index is 1.61. The van der Waals surface area contributed by atoms with Crippen molar-refractivity contribution in [3.8, 4) is 0 Å². The second kappa shape index (κ2) is 4.97. The van der Waals surface area contributed by atoms with Gasteiger partial charge in [-0.1, -0.05) is 24.1 Å². The smallest absolute Gasteiger partial charge is 0.0408 e. The molecule has 0 bridgehead atoms. The van der Waals surface area contributed by atoms with Gasteiger partial charge in [-0.05, 0) is 48.9 Å². The summed E-state index contributed by atoms with van der Waals surface area (Å²) in [5.74, 6) is 0. The SMILES string of the molecule is Clc1ccc2c(c1)CC(NN1CCCCC1)C2. The third-order valence-corrected chi connectivity index (χ3v) is 4.06. The van der Waals surface area contributed by atoms with Crippen LogP contribution in [0.15, 0.2) is 18.2 Å². The minimum absolute atomic E-state index is 0.571. The van der Waals surface area contributed by atoms with E-state index in [2.05, 4.69) is 22.6 Å². The Labute approximate surface area is 108 Å². The number of nitrogens with one attached hydrogen (secondary N) is 1. The molecule has 1 fully saturated rings. The quantitative estimate of drug-likeness (QED) is 0.869. The second-order valence-corrected chi connectivity index (χ2v) is 5.63. The fraction of sp³-hybridized carbons (Fsp3) is 0.571. The van der Waals surface area contributed by atoms with E-state index in [0.717, 1.165) is 17.9 Å². The molecule has 1 unspecified atom stereocenters. The van der Waals surface area contributed by atoms with Crippen molar-refractivity contribution in [2.24, 2.45) is 0 Å². The average molecular weight is 251 g/mol. The Bertz CT molecular complexity index is 399. The van der Waals surface area contributed by atoms with Gasteiger partial charge in [-0.15, -0.1) is 0 Å². The fourth-order valence-electron chi connectivity index (χ4n) is 2.96. The molecule has 0 aromatic heterocycles. The van der Waals surface area contributed by atoms with E-state index in [4.69, 9.17) is 11.6 Å². The highest BCUT2D eigenvalue weighted by atomic mass is 35.5. The Morgan fingerprint density at radius 2 is 1.82 bits per heavy atom. The van der Waals surface area contributed by atoms with Gasteiger partial charge in [0.05, 0.1) is 0 Å². The highest BCUT2D eigenvalue weighted by molar-refractivity contribution is 6.30. The standard InChI is InChI=1S/C14H19ClN2/c15-13-5-4-11-9-14(10-12(11)8-13)16-17-6-2-1-3-7-17/h4-5,8,14,16H,1-3,6-7,9-10H2. The van der Waals surface area contributed by atoms with Gasteiger partial charge < -0.3 is 0 Å². The highest BCUT2D eigenvalue weighted by Crippen LogP contribution is 2.25. The maximum Gasteiger partial charge on any atom is 0.0408 e. The van der Waals surface area contributed by atoms with Crippen LogP contribution in [0, 0.1) is 0 Å². The lowest BCUT2D eigenvalue weighted by Crippen LogP contribution is -2.47. The molecule has 1 N–H and O–H groups in total. The lowest BCUT2D eigenvalue weighted by Gasteiger charge is -2.30. The van der Waals surface area contributed by atoms with Crippen LogP contribution >= 0.6 is 11.6 Å². The molecule has 1 aromatic rings. The van der Waals surface area contributed by atoms with Gasteiger partial charge in [0.1, 0.15) is 0 Å². The molecule has 1 aliphatic heterocycles. The summed E-state index contributed by atoms with van der Waals surface area (Å²) >= 11 is 6.03. The topological polar surface area (TPSA) is 15.3 Å². The van der Waals surface area contributed by atoms with E-state index in [1.54, 1.807) is 0 Å². The van der Waals surface area contributed by atoms with Crippen molar-refractivity contribution in [3.05, 3.63) is 34.3 Å². The molecule has 3 rings (SSSR count). The van der Waals surface area contributed by atoms with Crippen LogP contribution in [0.5, 0.6) is 0 Å². The molecule has 17 heavy (non-hydrogen) atoms. The molecule has 0 spiro atoms. The third-order valence-electron chi connectivity index (χ3n) is 3.82. The highest BCUT2D eigenvalue weighted by Gasteiger charge is 2.23. The van der Waals surface area contributed by atoms with Gasteiger partial charge in [0.2, 0.25) is 0 Å². The second-order valence-electron chi connectivity index (χ2n) is 5.20. The molecule has 0 saturated carbocycles. The minimum Gasteiger partial charge on any atom is -0.251 e. The number of rotatable bonds is 2. The summed E-state index contributed by atoms with van der Waals surface area (Å²) in [5, 5.41) is 3.27. The number of fused-ring (bicyclic) bond motifs is 1. The molecule has 0 amide bonds. The summed E-state index contributed by atoms with van der Waals surface area (Å²) < 4.78 is 0. The maximum absolute atomic E-state index is 6.03. The van der Waals surface area contributed by atoms with Crippen LogP contribution in [0.4, 0.5) is 0 Å². The van der Waals surface area contributed by atoms with Gasteiger partial charge in [-0.25, -0.2) is 5.01 Å². The number of nitrogens with zero attached hydrogens (tertiary/aromatic N) is 1. The van der Waals surface area contributed by atoms with Gasteiger partial charge in [0.15, 0.2) is 0 Å². The summed E-state index contributed by atoms with van der Waals surface area (Å²) in [7, 11) is 0. The first-order valence-electron chi connectivity index (χ1n) is 6.60. The number of benzene rings is 1. The summed E-state index contributed by atoms with van der Waals surface area (Å²) in [6, 6.07) is 6.87. The van der Waals surface area contributed by atoms with E-state index < -0.39 is 0 Å². The van der Waals surface area contributed by atoms with Crippen molar-refractivity contribution in [2.45, 2.75) is 38.1 Å². The van der Waals surface area contributed by atoms with Gasteiger partial charge in [-0.2, -0.15) is 0 Å². The van der Waals surface area contributed by atoms with Crippen LogP contribution in [0.25, 0.3) is 0 Å². The molecule has 1 aromatic carbocycles. The van der Waals surface area contributed by atoms with Crippen LogP contribution in [-0.4, -0.2) is 24.1 Å². The normalized spacial score (nSPS) is 24.9. The van der Waals surface area contributed by atoms with Crippen molar-refractivity contribution in [3.63, 3.8) is 0 Å². The zero-order valence-corrected chi connectivity index (χ0v) is 10.8. The van der Waals surface area contributed by atoms with Crippen molar-refractivity contribution >= 4 is 11.6 Å². The fourth-order valence-corrected chi connectivity index (χ4v) is 3.15. The molecule has 1 aliphatic carbocycles. The van der Waals surface area contributed by atoms with E-state index in [-0.39, 0.29) is 0 Å². The minimum atomic E-state index is 0.571. The molecule has 2 aliphatic rings. The largest absolute Gasteiger partial charge is 0.251 e. The van der Waals surface area contributed by atoms with Crippen molar-refractivity contribution in [2.75, 3.05) is 13.1 Å². The van der Waals surface area contributed by atoms with Crippen molar-refractivity contribution < 1.29 is 0 Å². The molecule has 2 nitrogen and oxygen atoms in total. The van der Waals surface area contributed by atoms with Crippen molar-refractivity contribution in [1.82, 2.24) is 10.4 Å². The van der Waals surface area contributed by atoms with E-state index in [0.29, 0.717) is 6.04 Å². The molecule has 3 heteroatoms. The molecule has 1 atom stereocenters. The van der Waals surface area contributed by atoms with Crippen LogP contribution in [0.2, 0.25) is 5.02 Å². The van der Waals surface area contributed by atoms with E-state index in [1.165, 1.54) is 43.5 Å². The number of hydrogen-bond donors (Lipinski definition) is 1. The summed E-state index contributed by atoms with van der Waals surface area (Å²) in [6.45, 7) is 2.40. The molecule has 1 saturated heterocycles. The van der Waals surface area contributed by atoms with Gasteiger partial charge in [0, 0.05) is 24.2 Å². The monoisotopic (exact) mass is 250 g/mol. The first-order chi connectivity index (χ1) is 8.31. The number of halogens is 1. The number of hydrazine groups is 1. The summed E-state index contributed by atoms with van der Waals surface area (Å²) in [5.41, 5.74) is 6.56. The summed E-state index contributed by atoms with van der Waals surface area (Å²) in [6.07, 6.45) is 6.31. The van der Waals surface area contributed by atoms with Gasteiger partial charge in [-0.3, -0.25) is 5.43 Å². The number of hydrogen-bond acceptors (Lipinski definition) is 2. The van der Waals surface area contributed by atoms with E-state index in [1.807, 2.05) is 6.07 Å². The van der Waals surface area contributed by atoms with Gasteiger partial charge >= 0.3 is 0 Å². The Hall–Kier alpha value is -0.570. The van der Waals surface area contributed by atoms with Crippen molar-refractivity contribution in [1.29, 1.82) is 0 Å². The predicted octanol–water partition coefficient (Wildman–Crippen LogP) is 2.80. The molecule has 92 valence electrons. The lowest BCUT2D eigenvalue weighted by molar-refractivity contribution is 0.130. The third kappa shape index (κ3) is 2.65. The first-order valence-corrected chi connectivity index (χ1v) is 6.97. The molecule has 0 radical (unpaired) electrons. The van der Waals surface area contributed by atoms with Crippen LogP contribution in [0.1, 0.15) is 30.4 Å². The average Bonchev–Trinajstić information content (AvgIpc) is 2.71. The summed E-state index contributed by atoms with van der Waals surface area (Å²) in [4.78, 5) is 0. The van der Waals surface area contributed by atoms with Crippen LogP contribution in [-0.2, 0) is 12.8 Å². The molecule has 1 heterocycles. The number of piperidine rings is 1. The Kier molecular flexibility index (Phi) is 3.37. The Morgan fingerprint density at radius 3 is 2.65 bits per heavy atom. The van der Waals surface area contributed by atoms with E-state index >= 15 is 0 Å². The van der Waals surface area contributed by atoms with E-state index in [9.17, 15) is 0 Å². The molecular weight excluding hydrogens is 232 g/mol. The maximum atomic E-state index is 6.03. The zero-order chi connectivity index (χ0) is 11.7.